The van der Waals surface area contributed by atoms with Gasteiger partial charge in [-0.2, -0.15) is 0 Å². The molecular weight excluding hydrogens is 320 g/mol. The molecule has 6 aromatic rings. The molecule has 0 saturated heterocycles. The minimum Gasteiger partial charge on any atom is -0.456 e. The third kappa shape index (κ3) is 1.66. The molecule has 2 nitrogen and oxygen atoms in total. The highest BCUT2D eigenvalue weighted by molar-refractivity contribution is 6.30. The number of hydrogen-bond donors (Lipinski definition) is 0. The van der Waals surface area contributed by atoms with E-state index in [2.05, 4.69) is 49.4 Å². The van der Waals surface area contributed by atoms with Crippen LogP contribution in [-0.2, 0) is 6.42 Å². The van der Waals surface area contributed by atoms with Gasteiger partial charge in [0.2, 0.25) is 0 Å². The van der Waals surface area contributed by atoms with E-state index in [9.17, 15) is 0 Å². The molecule has 0 spiro atoms. The van der Waals surface area contributed by atoms with Gasteiger partial charge in [0.15, 0.2) is 0 Å². The van der Waals surface area contributed by atoms with E-state index in [0.717, 1.165) is 44.9 Å². The molecule has 0 amide bonds. The smallest absolute Gasteiger partial charge is 0.136 e. The Kier molecular flexibility index (Phi) is 2.63. The Balaban J connectivity index is 1.97. The number of fused-ring (bicyclic) bond motifs is 9. The van der Waals surface area contributed by atoms with Crippen LogP contribution in [0, 0.1) is 0 Å². The van der Waals surface area contributed by atoms with E-state index in [1.54, 1.807) is 0 Å². The van der Waals surface area contributed by atoms with Crippen molar-refractivity contribution in [3.05, 3.63) is 72.3 Å². The SMILES string of the molecule is CCc1cc2oc3ccc4oc5ccccc5c4c3c2c2ccccc12. The van der Waals surface area contributed by atoms with E-state index >= 15 is 0 Å². The lowest BCUT2D eigenvalue weighted by Gasteiger charge is -2.05. The van der Waals surface area contributed by atoms with Crippen LogP contribution in [0.15, 0.2) is 75.6 Å². The monoisotopic (exact) mass is 336 g/mol. The number of hydrogen-bond acceptors (Lipinski definition) is 2. The van der Waals surface area contributed by atoms with Gasteiger partial charge in [0.25, 0.3) is 0 Å². The minimum atomic E-state index is 0.907. The Hall–Kier alpha value is -3.26. The highest BCUT2D eigenvalue weighted by Crippen LogP contribution is 2.42. The predicted molar refractivity (Wildman–Crippen MR) is 108 cm³/mol. The first-order valence-electron chi connectivity index (χ1n) is 9.02. The van der Waals surface area contributed by atoms with Crippen LogP contribution in [0.5, 0.6) is 0 Å². The molecule has 2 heteroatoms. The zero-order chi connectivity index (χ0) is 17.3. The molecule has 2 heterocycles. The Bertz CT molecular complexity index is 1460. The number of aryl methyl sites for hydroxylation is 1. The van der Waals surface area contributed by atoms with E-state index in [0.29, 0.717) is 0 Å². The summed E-state index contributed by atoms with van der Waals surface area (Å²) in [6.07, 6.45) is 0.984. The fourth-order valence-electron chi connectivity index (χ4n) is 4.30. The molecule has 0 fully saturated rings. The first kappa shape index (κ1) is 14.0. The van der Waals surface area contributed by atoms with Crippen LogP contribution in [0.3, 0.4) is 0 Å². The van der Waals surface area contributed by atoms with E-state index in [1.807, 2.05) is 24.3 Å². The molecule has 0 aliphatic rings. The highest BCUT2D eigenvalue weighted by Gasteiger charge is 2.18. The molecule has 26 heavy (non-hydrogen) atoms. The van der Waals surface area contributed by atoms with Gasteiger partial charge in [-0.05, 0) is 47.0 Å². The Morgan fingerprint density at radius 2 is 1.19 bits per heavy atom. The van der Waals surface area contributed by atoms with Crippen LogP contribution < -0.4 is 0 Å². The van der Waals surface area contributed by atoms with Crippen molar-refractivity contribution in [1.82, 2.24) is 0 Å². The molecule has 2 aromatic heterocycles. The molecule has 0 aliphatic carbocycles. The van der Waals surface area contributed by atoms with Crippen molar-refractivity contribution in [2.75, 3.05) is 0 Å². The van der Waals surface area contributed by atoms with Gasteiger partial charge < -0.3 is 8.83 Å². The summed E-state index contributed by atoms with van der Waals surface area (Å²) in [6.45, 7) is 2.19. The van der Waals surface area contributed by atoms with Crippen LogP contribution in [0.25, 0.3) is 54.6 Å². The van der Waals surface area contributed by atoms with E-state index in [-0.39, 0.29) is 0 Å². The summed E-state index contributed by atoms with van der Waals surface area (Å²) < 4.78 is 12.4. The second-order valence-electron chi connectivity index (χ2n) is 6.82. The number of furan rings is 2. The molecule has 0 saturated carbocycles. The molecule has 0 N–H and O–H groups in total. The third-order valence-corrected chi connectivity index (χ3v) is 5.45. The molecule has 0 unspecified atom stereocenters. The maximum Gasteiger partial charge on any atom is 0.136 e. The second-order valence-corrected chi connectivity index (χ2v) is 6.82. The number of para-hydroxylation sites is 1. The average Bonchev–Trinajstić information content (AvgIpc) is 3.24. The quantitative estimate of drug-likeness (QED) is 0.317. The van der Waals surface area contributed by atoms with Crippen molar-refractivity contribution < 1.29 is 8.83 Å². The maximum atomic E-state index is 6.29. The van der Waals surface area contributed by atoms with Gasteiger partial charge in [-0.25, -0.2) is 0 Å². The molecule has 0 bridgehead atoms. The summed E-state index contributed by atoms with van der Waals surface area (Å²) in [6, 6.07) is 23.1. The minimum absolute atomic E-state index is 0.907. The molecule has 0 atom stereocenters. The van der Waals surface area contributed by atoms with Gasteiger partial charge in [0.05, 0.1) is 0 Å². The van der Waals surface area contributed by atoms with Crippen LogP contribution in [0.4, 0.5) is 0 Å². The van der Waals surface area contributed by atoms with Gasteiger partial charge in [-0.1, -0.05) is 49.4 Å². The lowest BCUT2D eigenvalue weighted by Crippen LogP contribution is -1.84. The predicted octanol–water partition coefficient (Wildman–Crippen LogP) is 7.20. The van der Waals surface area contributed by atoms with Gasteiger partial charge in [-0.3, -0.25) is 0 Å². The van der Waals surface area contributed by atoms with Crippen molar-refractivity contribution in [2.24, 2.45) is 0 Å². The van der Waals surface area contributed by atoms with E-state index in [4.69, 9.17) is 8.83 Å². The number of rotatable bonds is 1. The lowest BCUT2D eigenvalue weighted by molar-refractivity contribution is 0.662. The molecule has 6 rings (SSSR count). The molecule has 4 aromatic carbocycles. The number of benzene rings is 4. The summed E-state index contributed by atoms with van der Waals surface area (Å²) in [4.78, 5) is 0. The van der Waals surface area contributed by atoms with Gasteiger partial charge in [0, 0.05) is 21.5 Å². The zero-order valence-corrected chi connectivity index (χ0v) is 14.4. The molecular formula is C24H16O2. The fraction of sp³-hybridized carbons (Fsp3) is 0.0833. The zero-order valence-electron chi connectivity index (χ0n) is 14.4. The Morgan fingerprint density at radius 1 is 0.577 bits per heavy atom. The summed E-state index contributed by atoms with van der Waals surface area (Å²) in [5.74, 6) is 0. The van der Waals surface area contributed by atoms with E-state index < -0.39 is 0 Å². The summed E-state index contributed by atoms with van der Waals surface area (Å²) in [5.41, 5.74) is 5.01. The Morgan fingerprint density at radius 3 is 2.00 bits per heavy atom. The van der Waals surface area contributed by atoms with E-state index in [1.165, 1.54) is 21.7 Å². The van der Waals surface area contributed by atoms with Crippen molar-refractivity contribution in [2.45, 2.75) is 13.3 Å². The maximum absolute atomic E-state index is 6.29. The third-order valence-electron chi connectivity index (χ3n) is 5.45. The Labute approximate surface area is 149 Å². The van der Waals surface area contributed by atoms with Crippen molar-refractivity contribution in [3.8, 4) is 0 Å². The van der Waals surface area contributed by atoms with Gasteiger partial charge in [-0.15, -0.1) is 0 Å². The van der Waals surface area contributed by atoms with Crippen molar-refractivity contribution >= 4 is 54.6 Å². The lowest BCUT2D eigenvalue weighted by atomic mass is 9.96. The normalized spacial score (nSPS) is 12.2. The summed E-state index contributed by atoms with van der Waals surface area (Å²) in [5, 5.41) is 7.17. The molecule has 124 valence electrons. The first-order valence-corrected chi connectivity index (χ1v) is 9.02. The van der Waals surface area contributed by atoms with Crippen molar-refractivity contribution in [3.63, 3.8) is 0 Å². The van der Waals surface area contributed by atoms with Gasteiger partial charge >= 0.3 is 0 Å². The van der Waals surface area contributed by atoms with Crippen LogP contribution in [0.2, 0.25) is 0 Å². The largest absolute Gasteiger partial charge is 0.456 e. The van der Waals surface area contributed by atoms with Gasteiger partial charge in [0.1, 0.15) is 22.3 Å². The topological polar surface area (TPSA) is 26.3 Å². The average molecular weight is 336 g/mol. The van der Waals surface area contributed by atoms with Crippen molar-refractivity contribution in [1.29, 1.82) is 0 Å². The van der Waals surface area contributed by atoms with Crippen LogP contribution >= 0.6 is 0 Å². The molecule has 0 radical (unpaired) electrons. The summed E-state index contributed by atoms with van der Waals surface area (Å²) in [7, 11) is 0. The van der Waals surface area contributed by atoms with Crippen LogP contribution in [-0.4, -0.2) is 0 Å². The molecule has 0 aliphatic heterocycles. The fourth-order valence-corrected chi connectivity index (χ4v) is 4.30. The highest BCUT2D eigenvalue weighted by atomic mass is 16.3. The first-order chi connectivity index (χ1) is 12.8. The second kappa shape index (κ2) is 4.89. The van der Waals surface area contributed by atoms with Crippen LogP contribution in [0.1, 0.15) is 12.5 Å². The standard InChI is InChI=1S/C24H16O2/c1-2-14-13-21-22(16-8-4-3-7-15(14)16)24-20(26-21)12-11-19-23(24)17-9-5-6-10-18(17)25-19/h3-13H,2H2,1H3. The summed E-state index contributed by atoms with van der Waals surface area (Å²) >= 11 is 0.